The van der Waals surface area contributed by atoms with Gasteiger partial charge in [-0.15, -0.1) is 0 Å². The van der Waals surface area contributed by atoms with E-state index < -0.39 is 0 Å². The summed E-state index contributed by atoms with van der Waals surface area (Å²) in [5, 5.41) is 3.29. The van der Waals surface area contributed by atoms with Crippen LogP contribution in [0.25, 0.3) is 11.2 Å². The van der Waals surface area contributed by atoms with Crippen LogP contribution in [0.15, 0.2) is 36.9 Å². The zero-order chi connectivity index (χ0) is 17.4. The molecule has 0 unspecified atom stereocenters. The fraction of sp³-hybridized carbons (Fsp3) is 0.333. The van der Waals surface area contributed by atoms with Crippen LogP contribution in [0.2, 0.25) is 0 Å². The summed E-state index contributed by atoms with van der Waals surface area (Å²) in [6, 6.07) is 8.20. The van der Waals surface area contributed by atoms with Crippen LogP contribution in [-0.4, -0.2) is 31.5 Å². The molecule has 0 aliphatic heterocycles. The van der Waals surface area contributed by atoms with Crippen molar-refractivity contribution in [3.8, 4) is 0 Å². The maximum absolute atomic E-state index is 11.9. The molecule has 1 aliphatic rings. The number of benzene rings is 1. The highest BCUT2D eigenvalue weighted by atomic mass is 16.2. The topological polar surface area (TPSA) is 75.9 Å². The standard InChI is InChI=1S/C18H20N6O/c1-3-23-11-21-16-17(19-10-20-18(16)23)22-13-4-6-14(7-5-13)24(12(2)25)15-8-9-15/h4-7,10-11,15H,3,8-9H2,1-2H3,(H,19,20,22). The van der Waals surface area contributed by atoms with E-state index in [2.05, 4.69) is 27.2 Å². The third-order valence-corrected chi connectivity index (χ3v) is 4.40. The van der Waals surface area contributed by atoms with Gasteiger partial charge in [-0.2, -0.15) is 0 Å². The van der Waals surface area contributed by atoms with E-state index in [1.54, 1.807) is 13.3 Å². The highest BCUT2D eigenvalue weighted by Gasteiger charge is 2.31. The van der Waals surface area contributed by atoms with Crippen molar-refractivity contribution in [3.63, 3.8) is 0 Å². The van der Waals surface area contributed by atoms with Crippen LogP contribution < -0.4 is 10.2 Å². The molecule has 2 heterocycles. The van der Waals surface area contributed by atoms with Crippen LogP contribution in [0.1, 0.15) is 26.7 Å². The molecule has 0 radical (unpaired) electrons. The Kier molecular flexibility index (Phi) is 3.83. The average molecular weight is 336 g/mol. The average Bonchev–Trinajstić information content (AvgIpc) is 3.34. The quantitative estimate of drug-likeness (QED) is 0.775. The van der Waals surface area contributed by atoms with Crippen LogP contribution in [0, 0.1) is 0 Å². The van der Waals surface area contributed by atoms with Crippen molar-refractivity contribution >= 4 is 34.3 Å². The third-order valence-electron chi connectivity index (χ3n) is 4.40. The number of hydrogen-bond donors (Lipinski definition) is 1. The van der Waals surface area contributed by atoms with Crippen molar-refractivity contribution < 1.29 is 4.79 Å². The van der Waals surface area contributed by atoms with E-state index in [0.29, 0.717) is 11.9 Å². The lowest BCUT2D eigenvalue weighted by atomic mass is 10.2. The third kappa shape index (κ3) is 2.93. The summed E-state index contributed by atoms with van der Waals surface area (Å²) in [5.41, 5.74) is 3.39. The van der Waals surface area contributed by atoms with Gasteiger partial charge in [-0.25, -0.2) is 15.0 Å². The molecule has 2 aromatic heterocycles. The van der Waals surface area contributed by atoms with Gasteiger partial charge in [0.1, 0.15) is 6.33 Å². The van der Waals surface area contributed by atoms with Gasteiger partial charge in [0.15, 0.2) is 17.0 Å². The Balaban J connectivity index is 1.59. The van der Waals surface area contributed by atoms with E-state index in [0.717, 1.165) is 41.9 Å². The number of imidazole rings is 1. The Hall–Kier alpha value is -2.96. The largest absolute Gasteiger partial charge is 0.338 e. The monoisotopic (exact) mass is 336 g/mol. The van der Waals surface area contributed by atoms with Crippen molar-refractivity contribution in [2.75, 3.05) is 10.2 Å². The number of nitrogens with zero attached hydrogens (tertiary/aromatic N) is 5. The minimum Gasteiger partial charge on any atom is -0.338 e. The van der Waals surface area contributed by atoms with E-state index >= 15 is 0 Å². The molecule has 3 aromatic rings. The second-order valence-corrected chi connectivity index (χ2v) is 6.22. The molecule has 25 heavy (non-hydrogen) atoms. The second-order valence-electron chi connectivity index (χ2n) is 6.22. The molecule has 0 spiro atoms. The lowest BCUT2D eigenvalue weighted by Crippen LogP contribution is -2.30. The van der Waals surface area contributed by atoms with Gasteiger partial charge in [0.05, 0.1) is 6.33 Å². The number of amides is 1. The lowest BCUT2D eigenvalue weighted by molar-refractivity contribution is -0.116. The number of hydrogen-bond acceptors (Lipinski definition) is 5. The highest BCUT2D eigenvalue weighted by molar-refractivity contribution is 5.93. The number of carbonyl (C=O) groups is 1. The maximum atomic E-state index is 11.9. The second kappa shape index (κ2) is 6.16. The molecule has 0 bridgehead atoms. The van der Waals surface area contributed by atoms with Crippen molar-refractivity contribution in [2.45, 2.75) is 39.3 Å². The SMILES string of the molecule is CCn1cnc2c(Nc3ccc(N(C(C)=O)C4CC4)cc3)ncnc21. The Morgan fingerprint density at radius 1 is 1.24 bits per heavy atom. The zero-order valence-electron chi connectivity index (χ0n) is 14.3. The lowest BCUT2D eigenvalue weighted by Gasteiger charge is -2.21. The molecular weight excluding hydrogens is 316 g/mol. The van der Waals surface area contributed by atoms with Crippen LogP contribution in [-0.2, 0) is 11.3 Å². The summed E-state index contributed by atoms with van der Waals surface area (Å²) >= 11 is 0. The molecule has 1 aliphatic carbocycles. The molecule has 7 nitrogen and oxygen atoms in total. The normalized spacial score (nSPS) is 13.8. The number of fused-ring (bicyclic) bond motifs is 1. The van der Waals surface area contributed by atoms with Gasteiger partial charge in [0, 0.05) is 30.9 Å². The number of anilines is 3. The Morgan fingerprint density at radius 3 is 2.64 bits per heavy atom. The number of aryl methyl sites for hydroxylation is 1. The molecule has 7 heteroatoms. The number of aromatic nitrogens is 4. The predicted octanol–water partition coefficient (Wildman–Crippen LogP) is 3.11. The van der Waals surface area contributed by atoms with E-state index in [-0.39, 0.29) is 5.91 Å². The first-order valence-corrected chi connectivity index (χ1v) is 8.50. The summed E-state index contributed by atoms with van der Waals surface area (Å²) in [5.74, 6) is 0.765. The summed E-state index contributed by atoms with van der Waals surface area (Å²) in [7, 11) is 0. The first kappa shape index (κ1) is 15.6. The maximum Gasteiger partial charge on any atom is 0.224 e. The van der Waals surface area contributed by atoms with Gasteiger partial charge in [0.2, 0.25) is 5.91 Å². The summed E-state index contributed by atoms with van der Waals surface area (Å²) in [4.78, 5) is 26.8. The van der Waals surface area contributed by atoms with Gasteiger partial charge in [-0.3, -0.25) is 4.79 Å². The molecule has 1 aromatic carbocycles. The minimum atomic E-state index is 0.0887. The van der Waals surface area contributed by atoms with Gasteiger partial charge in [-0.05, 0) is 44.0 Å². The molecule has 1 N–H and O–H groups in total. The van der Waals surface area contributed by atoms with Crippen LogP contribution in [0.5, 0.6) is 0 Å². The van der Waals surface area contributed by atoms with Crippen molar-refractivity contribution in [2.24, 2.45) is 0 Å². The Labute approximate surface area is 145 Å². The van der Waals surface area contributed by atoms with Crippen molar-refractivity contribution in [1.82, 2.24) is 19.5 Å². The zero-order valence-corrected chi connectivity index (χ0v) is 14.3. The molecule has 1 fully saturated rings. The molecule has 1 amide bonds. The summed E-state index contributed by atoms with van der Waals surface area (Å²) in [6.07, 6.45) is 5.47. The van der Waals surface area contributed by atoms with Crippen LogP contribution in [0.4, 0.5) is 17.2 Å². The minimum absolute atomic E-state index is 0.0887. The number of rotatable bonds is 5. The van der Waals surface area contributed by atoms with Crippen LogP contribution in [0.3, 0.4) is 0 Å². The smallest absolute Gasteiger partial charge is 0.224 e. The fourth-order valence-electron chi connectivity index (χ4n) is 3.03. The fourth-order valence-corrected chi connectivity index (χ4v) is 3.03. The van der Waals surface area contributed by atoms with E-state index in [9.17, 15) is 4.79 Å². The first-order valence-electron chi connectivity index (χ1n) is 8.50. The van der Waals surface area contributed by atoms with E-state index in [1.807, 2.05) is 33.7 Å². The Morgan fingerprint density at radius 2 is 2.00 bits per heavy atom. The van der Waals surface area contributed by atoms with Crippen molar-refractivity contribution in [3.05, 3.63) is 36.9 Å². The van der Waals surface area contributed by atoms with E-state index in [1.165, 1.54) is 6.33 Å². The number of carbonyl (C=O) groups excluding carboxylic acids is 1. The predicted molar refractivity (Wildman–Crippen MR) is 96.9 cm³/mol. The molecule has 0 saturated heterocycles. The number of nitrogens with one attached hydrogen (secondary N) is 1. The summed E-state index contributed by atoms with van der Waals surface area (Å²) < 4.78 is 1.98. The van der Waals surface area contributed by atoms with Crippen LogP contribution >= 0.6 is 0 Å². The van der Waals surface area contributed by atoms with E-state index in [4.69, 9.17) is 0 Å². The van der Waals surface area contributed by atoms with Gasteiger partial charge >= 0.3 is 0 Å². The highest BCUT2D eigenvalue weighted by Crippen LogP contribution is 2.32. The summed E-state index contributed by atoms with van der Waals surface area (Å²) in [6.45, 7) is 4.48. The van der Waals surface area contributed by atoms with Gasteiger partial charge in [-0.1, -0.05) is 0 Å². The van der Waals surface area contributed by atoms with Crippen molar-refractivity contribution in [1.29, 1.82) is 0 Å². The Bertz CT molecular complexity index is 913. The first-order chi connectivity index (χ1) is 12.2. The molecule has 4 rings (SSSR count). The van der Waals surface area contributed by atoms with Gasteiger partial charge in [0.25, 0.3) is 0 Å². The molecule has 128 valence electrons. The van der Waals surface area contributed by atoms with Gasteiger partial charge < -0.3 is 14.8 Å². The molecule has 0 atom stereocenters. The molecular formula is C18H20N6O. The molecule has 1 saturated carbocycles.